The predicted octanol–water partition coefficient (Wildman–Crippen LogP) is 2.99. The lowest BCUT2D eigenvalue weighted by molar-refractivity contribution is 0.523. The van der Waals surface area contributed by atoms with Gasteiger partial charge >= 0.3 is 0 Å². The molecule has 0 radical (unpaired) electrons. The molecule has 0 spiro atoms. The van der Waals surface area contributed by atoms with Crippen LogP contribution in [0.3, 0.4) is 0 Å². The minimum Gasteiger partial charge on any atom is -0.367 e. The maximum absolute atomic E-state index is 3.08. The highest BCUT2D eigenvalue weighted by molar-refractivity contribution is 5.08. The standard InChI is InChI=1S/C10H17N/c1-3-4-9(2)7-10-5-6-11-8-10/h5-6,8-9,11H,3-4,7H2,1-2H3. The number of hydrogen-bond donors (Lipinski definition) is 1. The van der Waals surface area contributed by atoms with E-state index in [2.05, 4.69) is 31.1 Å². The van der Waals surface area contributed by atoms with E-state index in [0.717, 1.165) is 5.92 Å². The lowest BCUT2D eigenvalue weighted by Gasteiger charge is -2.06. The van der Waals surface area contributed by atoms with Gasteiger partial charge in [0.2, 0.25) is 0 Å². The SMILES string of the molecule is CCCC(C)Cc1cc[nH]c1. The van der Waals surface area contributed by atoms with Gasteiger partial charge in [-0.05, 0) is 24.0 Å². The Morgan fingerprint density at radius 1 is 1.55 bits per heavy atom. The van der Waals surface area contributed by atoms with Crippen molar-refractivity contribution in [3.63, 3.8) is 0 Å². The van der Waals surface area contributed by atoms with E-state index in [4.69, 9.17) is 0 Å². The fourth-order valence-corrected chi connectivity index (χ4v) is 1.48. The van der Waals surface area contributed by atoms with Gasteiger partial charge in [0.15, 0.2) is 0 Å². The summed E-state index contributed by atoms with van der Waals surface area (Å²) in [7, 11) is 0. The second-order valence-corrected chi connectivity index (χ2v) is 3.32. The van der Waals surface area contributed by atoms with Crippen molar-refractivity contribution in [1.29, 1.82) is 0 Å². The Morgan fingerprint density at radius 2 is 2.36 bits per heavy atom. The molecule has 1 unspecified atom stereocenters. The molecule has 0 aliphatic heterocycles. The summed E-state index contributed by atoms with van der Waals surface area (Å²) in [6.07, 6.45) is 7.94. The molecule has 1 heteroatoms. The van der Waals surface area contributed by atoms with Gasteiger partial charge in [-0.3, -0.25) is 0 Å². The van der Waals surface area contributed by atoms with E-state index in [-0.39, 0.29) is 0 Å². The molecule has 0 aliphatic rings. The molecule has 0 saturated heterocycles. The van der Waals surface area contributed by atoms with Crippen LogP contribution in [0.4, 0.5) is 0 Å². The summed E-state index contributed by atoms with van der Waals surface area (Å²) in [5.41, 5.74) is 1.44. The molecule has 1 rings (SSSR count). The zero-order chi connectivity index (χ0) is 8.10. The number of rotatable bonds is 4. The zero-order valence-corrected chi connectivity index (χ0v) is 7.43. The highest BCUT2D eigenvalue weighted by Crippen LogP contribution is 2.12. The van der Waals surface area contributed by atoms with Crippen LogP contribution in [0.1, 0.15) is 32.3 Å². The van der Waals surface area contributed by atoms with Gasteiger partial charge in [0.05, 0.1) is 0 Å². The fourth-order valence-electron chi connectivity index (χ4n) is 1.48. The summed E-state index contributed by atoms with van der Waals surface area (Å²) in [6, 6.07) is 2.16. The van der Waals surface area contributed by atoms with Crippen LogP contribution in [0.2, 0.25) is 0 Å². The molecule has 0 aromatic carbocycles. The Kier molecular flexibility index (Phi) is 3.21. The molecule has 0 aliphatic carbocycles. The van der Waals surface area contributed by atoms with Gasteiger partial charge in [-0.1, -0.05) is 26.7 Å². The highest BCUT2D eigenvalue weighted by Gasteiger charge is 2.01. The molecule has 1 nitrogen and oxygen atoms in total. The normalized spacial score (nSPS) is 13.3. The highest BCUT2D eigenvalue weighted by atomic mass is 14.6. The molecule has 0 saturated carbocycles. The first-order valence-corrected chi connectivity index (χ1v) is 4.44. The summed E-state index contributed by atoms with van der Waals surface area (Å²) >= 11 is 0. The Balaban J connectivity index is 2.31. The maximum atomic E-state index is 3.08. The van der Waals surface area contributed by atoms with E-state index in [0.29, 0.717) is 0 Å². The van der Waals surface area contributed by atoms with Crippen molar-refractivity contribution in [2.75, 3.05) is 0 Å². The monoisotopic (exact) mass is 151 g/mol. The van der Waals surface area contributed by atoms with Crippen molar-refractivity contribution in [1.82, 2.24) is 4.98 Å². The average Bonchev–Trinajstić information content (AvgIpc) is 2.40. The molecule has 1 aromatic heterocycles. The lowest BCUT2D eigenvalue weighted by Crippen LogP contribution is -1.97. The van der Waals surface area contributed by atoms with E-state index in [9.17, 15) is 0 Å². The largest absolute Gasteiger partial charge is 0.367 e. The third-order valence-electron chi connectivity index (χ3n) is 2.03. The molecule has 11 heavy (non-hydrogen) atoms. The molecule has 1 aromatic rings. The molecule has 1 N–H and O–H groups in total. The molecule has 1 heterocycles. The second kappa shape index (κ2) is 4.22. The fraction of sp³-hybridized carbons (Fsp3) is 0.600. The number of aromatic nitrogens is 1. The topological polar surface area (TPSA) is 15.8 Å². The molecular formula is C10H17N. The maximum Gasteiger partial charge on any atom is 0.00374 e. The van der Waals surface area contributed by atoms with Crippen molar-refractivity contribution in [3.8, 4) is 0 Å². The van der Waals surface area contributed by atoms with E-state index < -0.39 is 0 Å². The van der Waals surface area contributed by atoms with Crippen LogP contribution in [-0.2, 0) is 6.42 Å². The van der Waals surface area contributed by atoms with Gasteiger partial charge in [-0.25, -0.2) is 0 Å². The predicted molar refractivity (Wildman–Crippen MR) is 48.6 cm³/mol. The lowest BCUT2D eigenvalue weighted by atomic mass is 9.99. The van der Waals surface area contributed by atoms with Crippen LogP contribution in [-0.4, -0.2) is 4.98 Å². The van der Waals surface area contributed by atoms with Crippen molar-refractivity contribution in [2.24, 2.45) is 5.92 Å². The number of nitrogens with one attached hydrogen (secondary N) is 1. The summed E-state index contributed by atoms with van der Waals surface area (Å²) in [5.74, 6) is 0.829. The summed E-state index contributed by atoms with van der Waals surface area (Å²) in [4.78, 5) is 3.08. The van der Waals surface area contributed by atoms with Crippen LogP contribution in [0.5, 0.6) is 0 Å². The van der Waals surface area contributed by atoms with Crippen LogP contribution in [0, 0.1) is 5.92 Å². The van der Waals surface area contributed by atoms with Crippen molar-refractivity contribution >= 4 is 0 Å². The van der Waals surface area contributed by atoms with Crippen molar-refractivity contribution < 1.29 is 0 Å². The quantitative estimate of drug-likeness (QED) is 0.681. The third-order valence-corrected chi connectivity index (χ3v) is 2.03. The zero-order valence-electron chi connectivity index (χ0n) is 7.43. The molecule has 0 amide bonds. The first-order chi connectivity index (χ1) is 5.33. The average molecular weight is 151 g/mol. The Bertz CT molecular complexity index is 177. The minimum atomic E-state index is 0.829. The Morgan fingerprint density at radius 3 is 2.91 bits per heavy atom. The third kappa shape index (κ3) is 2.79. The van der Waals surface area contributed by atoms with Gasteiger partial charge in [-0.2, -0.15) is 0 Å². The minimum absolute atomic E-state index is 0.829. The molecule has 0 fully saturated rings. The summed E-state index contributed by atoms with van der Waals surface area (Å²) in [6.45, 7) is 4.56. The van der Waals surface area contributed by atoms with Crippen LogP contribution >= 0.6 is 0 Å². The molecular weight excluding hydrogens is 134 g/mol. The van der Waals surface area contributed by atoms with Gasteiger partial charge in [0.25, 0.3) is 0 Å². The van der Waals surface area contributed by atoms with E-state index >= 15 is 0 Å². The van der Waals surface area contributed by atoms with Crippen molar-refractivity contribution in [2.45, 2.75) is 33.1 Å². The number of H-pyrrole nitrogens is 1. The summed E-state index contributed by atoms with van der Waals surface area (Å²) < 4.78 is 0. The van der Waals surface area contributed by atoms with Crippen LogP contribution in [0.15, 0.2) is 18.5 Å². The molecule has 0 bridgehead atoms. The van der Waals surface area contributed by atoms with Crippen LogP contribution in [0.25, 0.3) is 0 Å². The smallest absolute Gasteiger partial charge is 0.00374 e. The molecule has 1 atom stereocenters. The number of hydrogen-bond acceptors (Lipinski definition) is 0. The first kappa shape index (κ1) is 8.38. The van der Waals surface area contributed by atoms with E-state index in [1.807, 2.05) is 6.20 Å². The second-order valence-electron chi connectivity index (χ2n) is 3.32. The summed E-state index contributed by atoms with van der Waals surface area (Å²) in [5, 5.41) is 0. The van der Waals surface area contributed by atoms with Gasteiger partial charge in [-0.15, -0.1) is 0 Å². The van der Waals surface area contributed by atoms with Gasteiger partial charge in [0, 0.05) is 12.4 Å². The Labute approximate surface area is 68.8 Å². The van der Waals surface area contributed by atoms with E-state index in [1.54, 1.807) is 0 Å². The first-order valence-electron chi connectivity index (χ1n) is 4.44. The van der Waals surface area contributed by atoms with E-state index in [1.165, 1.54) is 24.8 Å². The van der Waals surface area contributed by atoms with Gasteiger partial charge < -0.3 is 4.98 Å². The van der Waals surface area contributed by atoms with Gasteiger partial charge in [0.1, 0.15) is 0 Å². The Hall–Kier alpha value is -0.720. The van der Waals surface area contributed by atoms with Crippen LogP contribution < -0.4 is 0 Å². The number of aromatic amines is 1. The van der Waals surface area contributed by atoms with Crippen molar-refractivity contribution in [3.05, 3.63) is 24.0 Å². The molecule has 62 valence electrons.